The number of pyridine rings is 1. The number of carbonyl (C=O) groups excluding carboxylic acids is 2. The first-order chi connectivity index (χ1) is 20.0. The quantitative estimate of drug-likeness (QED) is 0.209. The summed E-state index contributed by atoms with van der Waals surface area (Å²) in [6.45, 7) is 8.35. The Balaban J connectivity index is 1.40. The third-order valence-electron chi connectivity index (χ3n) is 6.91. The van der Waals surface area contributed by atoms with Crippen LogP contribution in [0, 0.1) is 20.8 Å². The minimum Gasteiger partial charge on any atom is -0.356 e. The van der Waals surface area contributed by atoms with Crippen molar-refractivity contribution in [2.75, 3.05) is 13.1 Å². The van der Waals surface area contributed by atoms with Gasteiger partial charge < -0.3 is 10.6 Å². The van der Waals surface area contributed by atoms with Crippen molar-refractivity contribution in [2.24, 2.45) is 0 Å². The van der Waals surface area contributed by atoms with E-state index < -0.39 is 16.1 Å². The predicted molar refractivity (Wildman–Crippen MR) is 163 cm³/mol. The molecule has 0 unspecified atom stereocenters. The fourth-order valence-electron chi connectivity index (χ4n) is 4.76. The topological polar surface area (TPSA) is 135 Å². The summed E-state index contributed by atoms with van der Waals surface area (Å²) in [6.07, 6.45) is 4.13. The second-order valence-electron chi connectivity index (χ2n) is 10.5. The number of hydrogen-bond acceptors (Lipinski definition) is 6. The van der Waals surface area contributed by atoms with Gasteiger partial charge in [-0.25, -0.2) is 27.9 Å². The number of nitrogens with zero attached hydrogens (tertiary/aromatic N) is 3. The first-order valence-corrected chi connectivity index (χ1v) is 15.6. The summed E-state index contributed by atoms with van der Waals surface area (Å²) < 4.78 is 29.0. The SMILES string of the molecule is CC(=O)NCCCCCc1nc2c(C)cc(C)nc2n1-c1ccc(CCNC(=O)NS(=O)(=O)c2ccc(C)cc2)cc1. The molecule has 2 aromatic carbocycles. The van der Waals surface area contributed by atoms with Crippen LogP contribution in [0.3, 0.4) is 0 Å². The first kappa shape index (κ1) is 30.7. The van der Waals surface area contributed by atoms with Crippen molar-refractivity contribution >= 4 is 33.1 Å². The molecule has 2 heterocycles. The Morgan fingerprint density at radius 3 is 2.24 bits per heavy atom. The minimum atomic E-state index is -3.94. The van der Waals surface area contributed by atoms with Gasteiger partial charge in [0.1, 0.15) is 11.3 Å². The highest BCUT2D eigenvalue weighted by Crippen LogP contribution is 2.25. The molecule has 4 aromatic rings. The lowest BCUT2D eigenvalue weighted by atomic mass is 10.1. The third-order valence-corrected chi connectivity index (χ3v) is 8.25. The molecule has 11 heteroatoms. The molecule has 0 aliphatic heterocycles. The number of hydrogen-bond donors (Lipinski definition) is 3. The van der Waals surface area contributed by atoms with Crippen LogP contribution in [0.2, 0.25) is 0 Å². The number of amides is 3. The molecule has 3 N–H and O–H groups in total. The van der Waals surface area contributed by atoms with Crippen LogP contribution in [0.25, 0.3) is 16.9 Å². The van der Waals surface area contributed by atoms with Gasteiger partial charge >= 0.3 is 6.03 Å². The summed E-state index contributed by atoms with van der Waals surface area (Å²) in [5, 5.41) is 5.46. The van der Waals surface area contributed by atoms with Crippen molar-refractivity contribution in [3.63, 3.8) is 0 Å². The number of aromatic nitrogens is 3. The zero-order valence-corrected chi connectivity index (χ0v) is 25.3. The monoisotopic (exact) mass is 590 g/mol. The van der Waals surface area contributed by atoms with Crippen LogP contribution in [0.1, 0.15) is 54.4 Å². The van der Waals surface area contributed by atoms with Crippen LogP contribution in [0.4, 0.5) is 4.79 Å². The second-order valence-corrected chi connectivity index (χ2v) is 12.2. The van der Waals surface area contributed by atoms with Crippen molar-refractivity contribution in [3.05, 3.63) is 82.8 Å². The number of unbranched alkanes of at least 4 members (excludes halogenated alkanes) is 2. The van der Waals surface area contributed by atoms with Gasteiger partial charge in [-0.2, -0.15) is 0 Å². The lowest BCUT2D eigenvalue weighted by molar-refractivity contribution is -0.118. The van der Waals surface area contributed by atoms with Crippen LogP contribution in [-0.2, 0) is 27.7 Å². The van der Waals surface area contributed by atoms with Crippen LogP contribution in [0.15, 0.2) is 59.5 Å². The molecule has 0 aliphatic carbocycles. The Morgan fingerprint density at radius 1 is 0.833 bits per heavy atom. The van der Waals surface area contributed by atoms with Gasteiger partial charge in [0.15, 0.2) is 5.65 Å². The summed E-state index contributed by atoms with van der Waals surface area (Å²) in [5.74, 6) is 0.925. The molecule has 0 atom stereocenters. The second kappa shape index (κ2) is 13.6. The highest BCUT2D eigenvalue weighted by atomic mass is 32.2. The van der Waals surface area contributed by atoms with Gasteiger partial charge in [0.2, 0.25) is 5.91 Å². The van der Waals surface area contributed by atoms with E-state index >= 15 is 0 Å². The molecule has 0 saturated carbocycles. The fraction of sp³-hybridized carbons (Fsp3) is 0.355. The summed E-state index contributed by atoms with van der Waals surface area (Å²) >= 11 is 0. The van der Waals surface area contributed by atoms with E-state index in [-0.39, 0.29) is 17.3 Å². The Labute approximate surface area is 247 Å². The van der Waals surface area contributed by atoms with E-state index in [4.69, 9.17) is 9.97 Å². The fourth-order valence-corrected chi connectivity index (χ4v) is 5.69. The maximum atomic E-state index is 12.4. The molecule has 0 aliphatic rings. The average molecular weight is 591 g/mol. The van der Waals surface area contributed by atoms with Crippen molar-refractivity contribution in [1.29, 1.82) is 0 Å². The predicted octanol–water partition coefficient (Wildman–Crippen LogP) is 4.43. The summed E-state index contributed by atoms with van der Waals surface area (Å²) in [6, 6.07) is 15.6. The van der Waals surface area contributed by atoms with Crippen molar-refractivity contribution < 1.29 is 18.0 Å². The molecule has 0 radical (unpaired) electrons. The third kappa shape index (κ3) is 7.94. The molecular weight excluding hydrogens is 552 g/mol. The van der Waals surface area contributed by atoms with Crippen molar-refractivity contribution in [2.45, 2.75) is 64.7 Å². The maximum Gasteiger partial charge on any atom is 0.328 e. The van der Waals surface area contributed by atoms with Gasteiger partial charge in [-0.05, 0) is 81.5 Å². The van der Waals surface area contributed by atoms with E-state index in [1.54, 1.807) is 12.1 Å². The molecule has 0 saturated heterocycles. The molecule has 0 fully saturated rings. The maximum absolute atomic E-state index is 12.4. The molecule has 222 valence electrons. The van der Waals surface area contributed by atoms with E-state index in [1.165, 1.54) is 19.1 Å². The standard InChI is InChI=1S/C31H38N6O4S/c1-21-9-15-27(16-10-21)42(40,41)36-31(39)33-19-17-25-11-13-26(14-12-25)37-28(8-6-5-7-18-32-24(4)38)35-29-22(2)20-23(3)34-30(29)37/h9-16,20H,5-8,17-19H2,1-4H3,(H,32,38)(H2,33,36,39). The number of imidazole rings is 1. The number of fused-ring (bicyclic) bond motifs is 1. The molecule has 10 nitrogen and oxygen atoms in total. The highest BCUT2D eigenvalue weighted by Gasteiger charge is 2.18. The summed E-state index contributed by atoms with van der Waals surface area (Å²) in [7, 11) is -3.94. The van der Waals surface area contributed by atoms with Crippen LogP contribution >= 0.6 is 0 Å². The Bertz CT molecular complexity index is 1660. The molecular formula is C31H38N6O4S. The van der Waals surface area contributed by atoms with Gasteiger partial charge in [0.05, 0.1) is 4.90 Å². The van der Waals surface area contributed by atoms with E-state index in [1.807, 2.05) is 51.1 Å². The van der Waals surface area contributed by atoms with Crippen LogP contribution in [0.5, 0.6) is 0 Å². The van der Waals surface area contributed by atoms with Crippen molar-refractivity contribution in [3.8, 4) is 5.69 Å². The molecule has 3 amide bonds. The van der Waals surface area contributed by atoms with E-state index in [0.29, 0.717) is 13.0 Å². The summed E-state index contributed by atoms with van der Waals surface area (Å²) in [5.41, 5.74) is 6.57. The van der Waals surface area contributed by atoms with Gasteiger partial charge in [-0.15, -0.1) is 0 Å². The smallest absolute Gasteiger partial charge is 0.328 e. The zero-order valence-electron chi connectivity index (χ0n) is 24.5. The minimum absolute atomic E-state index is 0.0118. The highest BCUT2D eigenvalue weighted by molar-refractivity contribution is 7.90. The number of urea groups is 1. The Hall–Kier alpha value is -4.25. The molecule has 0 bridgehead atoms. The van der Waals surface area contributed by atoms with E-state index in [0.717, 1.165) is 70.7 Å². The van der Waals surface area contributed by atoms with Gasteiger partial charge in [0.25, 0.3) is 10.0 Å². The molecule has 42 heavy (non-hydrogen) atoms. The number of nitrogens with one attached hydrogen (secondary N) is 3. The Morgan fingerprint density at radius 2 is 1.55 bits per heavy atom. The number of benzene rings is 2. The van der Waals surface area contributed by atoms with E-state index in [2.05, 4.69) is 19.9 Å². The molecule has 0 spiro atoms. The largest absolute Gasteiger partial charge is 0.356 e. The lowest BCUT2D eigenvalue weighted by Gasteiger charge is -2.11. The van der Waals surface area contributed by atoms with Gasteiger partial charge in [0, 0.05) is 37.8 Å². The number of carbonyl (C=O) groups is 2. The van der Waals surface area contributed by atoms with Crippen molar-refractivity contribution in [1.82, 2.24) is 29.9 Å². The average Bonchev–Trinajstić information content (AvgIpc) is 3.29. The molecule has 4 rings (SSSR count). The summed E-state index contributed by atoms with van der Waals surface area (Å²) in [4.78, 5) is 33.1. The Kier molecular flexibility index (Phi) is 9.95. The van der Waals surface area contributed by atoms with Gasteiger partial charge in [-0.1, -0.05) is 36.2 Å². The first-order valence-electron chi connectivity index (χ1n) is 14.1. The number of rotatable bonds is 12. The normalized spacial score (nSPS) is 11.4. The van der Waals surface area contributed by atoms with Crippen LogP contribution in [-0.4, -0.2) is 48.0 Å². The van der Waals surface area contributed by atoms with Crippen LogP contribution < -0.4 is 15.4 Å². The zero-order chi connectivity index (χ0) is 30.3. The van der Waals surface area contributed by atoms with E-state index in [9.17, 15) is 18.0 Å². The molecule has 2 aromatic heterocycles. The lowest BCUT2D eigenvalue weighted by Crippen LogP contribution is -2.40. The van der Waals surface area contributed by atoms with Gasteiger partial charge in [-0.3, -0.25) is 9.36 Å². The number of aryl methyl sites for hydroxylation is 4. The number of sulfonamides is 1.